The van der Waals surface area contributed by atoms with E-state index in [4.69, 9.17) is 17.3 Å². The molecule has 1 aliphatic rings. The summed E-state index contributed by atoms with van der Waals surface area (Å²) < 4.78 is 0.830. The van der Waals surface area contributed by atoms with Crippen molar-refractivity contribution in [2.24, 2.45) is 11.7 Å². The van der Waals surface area contributed by atoms with Crippen LogP contribution in [0.15, 0.2) is 12.1 Å². The zero-order chi connectivity index (χ0) is 14.7. The minimum absolute atomic E-state index is 0.0822. The number of piperazine rings is 1. The van der Waals surface area contributed by atoms with E-state index in [9.17, 15) is 4.79 Å². The number of hydrogen-bond acceptors (Lipinski definition) is 4. The average Bonchev–Trinajstić information content (AvgIpc) is 2.83. The fourth-order valence-corrected chi connectivity index (χ4v) is 3.41. The molecular formula is C14H22ClN3OS. The molecule has 0 aliphatic carbocycles. The van der Waals surface area contributed by atoms with Gasteiger partial charge >= 0.3 is 0 Å². The number of nitrogens with zero attached hydrogens (tertiary/aromatic N) is 2. The standard InChI is InChI=1S/C14H22ClN3OS/c1-10(2)13(16)14(19)18-7-5-17(6-8-18)9-11-3-4-12(15)20-11/h3-4,10,13H,5-9,16H2,1-2H3/t13-/m1/s1. The second-order valence-electron chi connectivity index (χ2n) is 5.58. The highest BCUT2D eigenvalue weighted by atomic mass is 35.5. The van der Waals surface area contributed by atoms with Crippen LogP contribution in [-0.2, 0) is 11.3 Å². The first kappa shape index (κ1) is 15.8. The number of hydrogen-bond donors (Lipinski definition) is 1. The van der Waals surface area contributed by atoms with E-state index in [0.717, 1.165) is 37.1 Å². The summed E-state index contributed by atoms with van der Waals surface area (Å²) in [6, 6.07) is 3.63. The fourth-order valence-electron chi connectivity index (χ4n) is 2.28. The highest BCUT2D eigenvalue weighted by Gasteiger charge is 2.26. The Morgan fingerprint density at radius 1 is 1.35 bits per heavy atom. The lowest BCUT2D eigenvalue weighted by Gasteiger charge is -2.36. The van der Waals surface area contributed by atoms with Crippen LogP contribution in [0.25, 0.3) is 0 Å². The molecule has 0 aromatic carbocycles. The Hall–Kier alpha value is -0.620. The summed E-state index contributed by atoms with van der Waals surface area (Å²) in [6.07, 6.45) is 0. The second kappa shape index (κ2) is 6.89. The number of nitrogens with two attached hydrogens (primary N) is 1. The van der Waals surface area contributed by atoms with Gasteiger partial charge in [0.15, 0.2) is 0 Å². The van der Waals surface area contributed by atoms with Crippen LogP contribution in [0.3, 0.4) is 0 Å². The van der Waals surface area contributed by atoms with Gasteiger partial charge in [-0.1, -0.05) is 25.4 Å². The molecule has 1 fully saturated rings. The van der Waals surface area contributed by atoms with Crippen LogP contribution in [0.2, 0.25) is 4.34 Å². The highest BCUT2D eigenvalue weighted by molar-refractivity contribution is 7.16. The van der Waals surface area contributed by atoms with E-state index in [2.05, 4.69) is 11.0 Å². The van der Waals surface area contributed by atoms with Crippen molar-refractivity contribution >= 4 is 28.8 Å². The number of carbonyl (C=O) groups is 1. The van der Waals surface area contributed by atoms with Crippen LogP contribution in [-0.4, -0.2) is 47.9 Å². The largest absolute Gasteiger partial charge is 0.339 e. The third-order valence-corrected chi connectivity index (χ3v) is 4.91. The molecule has 112 valence electrons. The molecule has 1 aromatic rings. The van der Waals surface area contributed by atoms with E-state index in [0.29, 0.717) is 0 Å². The lowest BCUT2D eigenvalue weighted by Crippen LogP contribution is -2.54. The number of thiophene rings is 1. The molecule has 1 amide bonds. The van der Waals surface area contributed by atoms with Crippen LogP contribution in [0.1, 0.15) is 18.7 Å². The Bertz CT molecular complexity index is 455. The molecule has 1 atom stereocenters. The summed E-state index contributed by atoms with van der Waals surface area (Å²) in [5, 5.41) is 0. The van der Waals surface area contributed by atoms with Gasteiger partial charge in [0.2, 0.25) is 5.91 Å². The van der Waals surface area contributed by atoms with Crippen molar-refractivity contribution in [3.63, 3.8) is 0 Å². The monoisotopic (exact) mass is 315 g/mol. The number of halogens is 1. The first-order chi connectivity index (χ1) is 9.47. The lowest BCUT2D eigenvalue weighted by atomic mass is 10.0. The van der Waals surface area contributed by atoms with Crippen LogP contribution in [0.5, 0.6) is 0 Å². The highest BCUT2D eigenvalue weighted by Crippen LogP contribution is 2.23. The van der Waals surface area contributed by atoms with Gasteiger partial charge in [0, 0.05) is 37.6 Å². The summed E-state index contributed by atoms with van der Waals surface area (Å²) in [6.45, 7) is 8.20. The molecular weight excluding hydrogens is 294 g/mol. The fraction of sp³-hybridized carbons (Fsp3) is 0.643. The predicted octanol–water partition coefficient (Wildman–Crippen LogP) is 2.03. The normalized spacial score (nSPS) is 18.6. The summed E-state index contributed by atoms with van der Waals surface area (Å²) in [5.74, 6) is 0.271. The Morgan fingerprint density at radius 2 is 2.00 bits per heavy atom. The molecule has 6 heteroatoms. The molecule has 2 N–H and O–H groups in total. The van der Waals surface area contributed by atoms with Gasteiger partial charge < -0.3 is 10.6 Å². The molecule has 0 radical (unpaired) electrons. The van der Waals surface area contributed by atoms with E-state index < -0.39 is 0 Å². The first-order valence-electron chi connectivity index (χ1n) is 6.98. The minimum atomic E-state index is -0.377. The smallest absolute Gasteiger partial charge is 0.239 e. The molecule has 0 unspecified atom stereocenters. The zero-order valence-corrected chi connectivity index (χ0v) is 13.6. The zero-order valence-electron chi connectivity index (χ0n) is 12.0. The predicted molar refractivity (Wildman–Crippen MR) is 84.0 cm³/mol. The molecule has 0 spiro atoms. The lowest BCUT2D eigenvalue weighted by molar-refractivity contribution is -0.135. The van der Waals surface area contributed by atoms with E-state index in [1.54, 1.807) is 11.3 Å². The van der Waals surface area contributed by atoms with Crippen LogP contribution >= 0.6 is 22.9 Å². The Morgan fingerprint density at radius 3 is 2.50 bits per heavy atom. The van der Waals surface area contributed by atoms with Gasteiger partial charge in [0.25, 0.3) is 0 Å². The van der Waals surface area contributed by atoms with Crippen molar-refractivity contribution in [3.8, 4) is 0 Å². The quantitative estimate of drug-likeness (QED) is 0.925. The maximum atomic E-state index is 12.2. The van der Waals surface area contributed by atoms with Gasteiger partial charge in [-0.15, -0.1) is 11.3 Å². The molecule has 0 bridgehead atoms. The van der Waals surface area contributed by atoms with Gasteiger partial charge in [-0.25, -0.2) is 0 Å². The maximum Gasteiger partial charge on any atom is 0.239 e. The summed E-state index contributed by atoms with van der Waals surface area (Å²) in [7, 11) is 0. The van der Waals surface area contributed by atoms with E-state index in [1.165, 1.54) is 4.88 Å². The number of carbonyl (C=O) groups excluding carboxylic acids is 1. The molecule has 1 aromatic heterocycles. The van der Waals surface area contributed by atoms with Gasteiger partial charge in [-0.3, -0.25) is 9.69 Å². The Balaban J connectivity index is 1.82. The molecule has 2 rings (SSSR count). The summed E-state index contributed by atoms with van der Waals surface area (Å²) in [4.78, 5) is 17.7. The van der Waals surface area contributed by atoms with Crippen LogP contribution in [0, 0.1) is 5.92 Å². The van der Waals surface area contributed by atoms with Gasteiger partial charge in [-0.05, 0) is 18.1 Å². The van der Waals surface area contributed by atoms with E-state index in [-0.39, 0.29) is 17.9 Å². The Labute approximate surface area is 129 Å². The molecule has 2 heterocycles. The number of amides is 1. The van der Waals surface area contributed by atoms with Crippen molar-refractivity contribution in [3.05, 3.63) is 21.3 Å². The molecule has 20 heavy (non-hydrogen) atoms. The average molecular weight is 316 g/mol. The molecule has 1 saturated heterocycles. The molecule has 4 nitrogen and oxygen atoms in total. The van der Waals surface area contributed by atoms with E-state index >= 15 is 0 Å². The van der Waals surface area contributed by atoms with Crippen molar-refractivity contribution in [1.82, 2.24) is 9.80 Å². The van der Waals surface area contributed by atoms with Gasteiger partial charge in [0.1, 0.15) is 0 Å². The van der Waals surface area contributed by atoms with Gasteiger partial charge in [0.05, 0.1) is 10.4 Å². The minimum Gasteiger partial charge on any atom is -0.339 e. The second-order valence-corrected chi connectivity index (χ2v) is 7.38. The summed E-state index contributed by atoms with van der Waals surface area (Å²) in [5.41, 5.74) is 5.93. The van der Waals surface area contributed by atoms with Crippen molar-refractivity contribution < 1.29 is 4.79 Å². The SMILES string of the molecule is CC(C)[C@@H](N)C(=O)N1CCN(Cc2ccc(Cl)s2)CC1. The van der Waals surface area contributed by atoms with Crippen molar-refractivity contribution in [2.75, 3.05) is 26.2 Å². The summed E-state index contributed by atoms with van der Waals surface area (Å²) >= 11 is 7.56. The first-order valence-corrected chi connectivity index (χ1v) is 8.17. The molecule has 1 aliphatic heterocycles. The topological polar surface area (TPSA) is 49.6 Å². The third kappa shape index (κ3) is 3.95. The molecule has 0 saturated carbocycles. The van der Waals surface area contributed by atoms with Crippen molar-refractivity contribution in [1.29, 1.82) is 0 Å². The van der Waals surface area contributed by atoms with Crippen LogP contribution < -0.4 is 5.73 Å². The maximum absolute atomic E-state index is 12.2. The van der Waals surface area contributed by atoms with Gasteiger partial charge in [-0.2, -0.15) is 0 Å². The van der Waals surface area contributed by atoms with Crippen molar-refractivity contribution in [2.45, 2.75) is 26.4 Å². The van der Waals surface area contributed by atoms with Crippen LogP contribution in [0.4, 0.5) is 0 Å². The number of rotatable bonds is 4. The Kier molecular flexibility index (Phi) is 5.43. The van der Waals surface area contributed by atoms with E-state index in [1.807, 2.05) is 24.8 Å². The third-order valence-electron chi connectivity index (χ3n) is 3.70.